The molecule has 0 rings (SSSR count). The van der Waals surface area contributed by atoms with Crippen LogP contribution in [0.5, 0.6) is 0 Å². The first-order valence-corrected chi connectivity index (χ1v) is 5.44. The van der Waals surface area contributed by atoms with Crippen LogP contribution in [-0.4, -0.2) is 23.3 Å². The highest BCUT2D eigenvalue weighted by Crippen LogP contribution is 2.11. The minimum absolute atomic E-state index is 0.390. The zero-order chi connectivity index (χ0) is 11.0. The van der Waals surface area contributed by atoms with Gasteiger partial charge in [-0.2, -0.15) is 0 Å². The lowest BCUT2D eigenvalue weighted by Crippen LogP contribution is -2.36. The van der Waals surface area contributed by atoms with Crippen molar-refractivity contribution in [2.75, 3.05) is 6.61 Å². The van der Waals surface area contributed by atoms with Gasteiger partial charge in [-0.05, 0) is 19.8 Å². The van der Waals surface area contributed by atoms with Gasteiger partial charge in [-0.15, -0.1) is 0 Å². The number of unbranched alkanes of at least 4 members (excludes halogenated alkanes) is 3. The molecule has 0 aromatic heterocycles. The van der Waals surface area contributed by atoms with E-state index >= 15 is 0 Å². The quantitative estimate of drug-likeness (QED) is 0.509. The summed E-state index contributed by atoms with van der Waals surface area (Å²) in [5.74, 6) is -0.503. The second-order valence-corrected chi connectivity index (χ2v) is 3.82. The van der Waals surface area contributed by atoms with Gasteiger partial charge in [-0.1, -0.05) is 33.1 Å². The van der Waals surface area contributed by atoms with Gasteiger partial charge >= 0.3 is 5.97 Å². The molecule has 1 atom stereocenters. The van der Waals surface area contributed by atoms with Crippen LogP contribution in [0, 0.1) is 0 Å². The fourth-order valence-corrected chi connectivity index (χ4v) is 0.994. The van der Waals surface area contributed by atoms with Crippen molar-refractivity contribution >= 4 is 5.97 Å². The lowest BCUT2D eigenvalue weighted by atomic mass is 10.1. The molecular formula is C11H22O3. The first-order valence-electron chi connectivity index (χ1n) is 5.44. The maximum atomic E-state index is 11.3. The highest BCUT2D eigenvalue weighted by atomic mass is 16.5. The normalized spacial score (nSPS) is 14.9. The molecule has 0 spiro atoms. The lowest BCUT2D eigenvalue weighted by molar-refractivity contribution is -0.164. The topological polar surface area (TPSA) is 46.5 Å². The maximum Gasteiger partial charge on any atom is 0.337 e. The van der Waals surface area contributed by atoms with E-state index in [-0.39, 0.29) is 0 Å². The SMILES string of the molecule is CCCCCCOC(=O)C(C)(O)CC. The maximum absolute atomic E-state index is 11.3. The van der Waals surface area contributed by atoms with Crippen molar-refractivity contribution < 1.29 is 14.6 Å². The Balaban J connectivity index is 3.54. The number of carbonyl (C=O) groups is 1. The number of esters is 1. The molecule has 0 aromatic carbocycles. The van der Waals surface area contributed by atoms with Gasteiger partial charge in [0.1, 0.15) is 0 Å². The summed E-state index contributed by atoms with van der Waals surface area (Å²) in [6.45, 7) is 5.81. The average molecular weight is 202 g/mol. The summed E-state index contributed by atoms with van der Waals surface area (Å²) >= 11 is 0. The summed E-state index contributed by atoms with van der Waals surface area (Å²) in [6, 6.07) is 0. The third-order valence-corrected chi connectivity index (χ3v) is 2.36. The molecule has 0 amide bonds. The molecule has 0 heterocycles. The third-order valence-electron chi connectivity index (χ3n) is 2.36. The van der Waals surface area contributed by atoms with Gasteiger partial charge in [0.15, 0.2) is 5.60 Å². The van der Waals surface area contributed by atoms with Crippen molar-refractivity contribution in [3.05, 3.63) is 0 Å². The van der Waals surface area contributed by atoms with E-state index in [2.05, 4.69) is 6.92 Å². The van der Waals surface area contributed by atoms with E-state index in [1.807, 2.05) is 0 Å². The summed E-state index contributed by atoms with van der Waals surface area (Å²) in [5.41, 5.74) is -1.31. The molecule has 3 nitrogen and oxygen atoms in total. The first-order chi connectivity index (χ1) is 6.54. The first kappa shape index (κ1) is 13.4. The molecule has 1 unspecified atom stereocenters. The van der Waals surface area contributed by atoms with Gasteiger partial charge in [0.05, 0.1) is 6.61 Å². The Kier molecular flexibility index (Phi) is 6.54. The van der Waals surface area contributed by atoms with Crippen LogP contribution >= 0.6 is 0 Å². The van der Waals surface area contributed by atoms with Crippen LogP contribution in [-0.2, 0) is 9.53 Å². The molecule has 0 bridgehead atoms. The van der Waals surface area contributed by atoms with Crippen molar-refractivity contribution in [1.82, 2.24) is 0 Å². The van der Waals surface area contributed by atoms with Gasteiger partial charge in [-0.25, -0.2) is 4.79 Å². The fourth-order valence-electron chi connectivity index (χ4n) is 0.994. The zero-order valence-corrected chi connectivity index (χ0v) is 9.51. The van der Waals surface area contributed by atoms with Crippen LogP contribution in [0.2, 0.25) is 0 Å². The van der Waals surface area contributed by atoms with Crippen molar-refractivity contribution in [2.45, 2.75) is 58.5 Å². The number of hydrogen-bond acceptors (Lipinski definition) is 3. The Morgan fingerprint density at radius 3 is 2.43 bits per heavy atom. The van der Waals surface area contributed by atoms with Gasteiger partial charge in [0, 0.05) is 0 Å². The molecule has 1 N–H and O–H groups in total. The number of aliphatic hydroxyl groups is 1. The monoisotopic (exact) mass is 202 g/mol. The third kappa shape index (κ3) is 5.22. The Bertz CT molecular complexity index is 164. The van der Waals surface area contributed by atoms with E-state index in [9.17, 15) is 9.90 Å². The smallest absolute Gasteiger partial charge is 0.337 e. The van der Waals surface area contributed by atoms with E-state index in [4.69, 9.17) is 4.74 Å². The van der Waals surface area contributed by atoms with Crippen molar-refractivity contribution in [2.24, 2.45) is 0 Å². The predicted octanol–water partition coefficient (Wildman–Crippen LogP) is 2.27. The van der Waals surface area contributed by atoms with Gasteiger partial charge in [0.2, 0.25) is 0 Å². The van der Waals surface area contributed by atoms with Crippen molar-refractivity contribution in [1.29, 1.82) is 0 Å². The molecule has 0 aromatic rings. The molecule has 0 radical (unpaired) electrons. The number of rotatable bonds is 7. The van der Waals surface area contributed by atoms with Crippen molar-refractivity contribution in [3.8, 4) is 0 Å². The Morgan fingerprint density at radius 1 is 1.29 bits per heavy atom. The van der Waals surface area contributed by atoms with E-state index in [0.29, 0.717) is 13.0 Å². The van der Waals surface area contributed by atoms with Crippen LogP contribution in [0.15, 0.2) is 0 Å². The van der Waals surface area contributed by atoms with E-state index in [1.54, 1.807) is 6.92 Å². The van der Waals surface area contributed by atoms with E-state index < -0.39 is 11.6 Å². The molecule has 0 aliphatic rings. The standard InChI is InChI=1S/C11H22O3/c1-4-6-7-8-9-14-10(12)11(3,13)5-2/h13H,4-9H2,1-3H3. The second-order valence-electron chi connectivity index (χ2n) is 3.82. The van der Waals surface area contributed by atoms with Crippen LogP contribution in [0.25, 0.3) is 0 Å². The molecular weight excluding hydrogens is 180 g/mol. The van der Waals surface area contributed by atoms with Crippen LogP contribution in [0.1, 0.15) is 52.9 Å². The molecule has 84 valence electrons. The number of hydrogen-bond donors (Lipinski definition) is 1. The van der Waals surface area contributed by atoms with Crippen LogP contribution in [0.4, 0.5) is 0 Å². The Labute approximate surface area is 86.5 Å². The Morgan fingerprint density at radius 2 is 1.93 bits per heavy atom. The minimum Gasteiger partial charge on any atom is -0.464 e. The minimum atomic E-state index is -1.31. The average Bonchev–Trinajstić information content (AvgIpc) is 2.17. The molecule has 0 fully saturated rings. The summed E-state index contributed by atoms with van der Waals surface area (Å²) in [5, 5.41) is 9.52. The molecule has 14 heavy (non-hydrogen) atoms. The largest absolute Gasteiger partial charge is 0.464 e. The van der Waals surface area contributed by atoms with Crippen LogP contribution < -0.4 is 0 Å². The molecule has 0 aliphatic carbocycles. The second kappa shape index (κ2) is 6.82. The predicted molar refractivity (Wildman–Crippen MR) is 56.0 cm³/mol. The fraction of sp³-hybridized carbons (Fsp3) is 0.909. The summed E-state index contributed by atoms with van der Waals surface area (Å²) in [6.07, 6.45) is 4.69. The summed E-state index contributed by atoms with van der Waals surface area (Å²) in [4.78, 5) is 11.3. The zero-order valence-electron chi connectivity index (χ0n) is 9.51. The molecule has 0 saturated heterocycles. The van der Waals surface area contributed by atoms with Gasteiger partial charge in [-0.3, -0.25) is 0 Å². The number of carbonyl (C=O) groups excluding carboxylic acids is 1. The molecule has 0 saturated carbocycles. The van der Waals surface area contributed by atoms with E-state index in [0.717, 1.165) is 12.8 Å². The highest BCUT2D eigenvalue weighted by Gasteiger charge is 2.29. The summed E-state index contributed by atoms with van der Waals surface area (Å²) < 4.78 is 4.96. The molecule has 3 heteroatoms. The van der Waals surface area contributed by atoms with E-state index in [1.165, 1.54) is 19.8 Å². The number of ether oxygens (including phenoxy) is 1. The lowest BCUT2D eigenvalue weighted by Gasteiger charge is -2.18. The summed E-state index contributed by atoms with van der Waals surface area (Å²) in [7, 11) is 0. The van der Waals surface area contributed by atoms with Gasteiger partial charge in [0.25, 0.3) is 0 Å². The Hall–Kier alpha value is -0.570. The molecule has 0 aliphatic heterocycles. The van der Waals surface area contributed by atoms with Crippen LogP contribution in [0.3, 0.4) is 0 Å². The highest BCUT2D eigenvalue weighted by molar-refractivity contribution is 5.78. The van der Waals surface area contributed by atoms with Gasteiger partial charge < -0.3 is 9.84 Å². The van der Waals surface area contributed by atoms with Crippen molar-refractivity contribution in [3.63, 3.8) is 0 Å².